The van der Waals surface area contributed by atoms with E-state index in [9.17, 15) is 19.2 Å². The standard InChI is InChI=1S/C23H32N4O4/c1-16(2)26(3)20(29)18-9-7-17(8-10-18)15-24-19(28)11-14-27-21(30)23(25-22(27)31)12-5-4-6-13-23/h7-10,16H,4-6,11-15H2,1-3H3,(H,24,28)(H,25,31). The molecule has 0 radical (unpaired) electrons. The number of amides is 5. The summed E-state index contributed by atoms with van der Waals surface area (Å²) in [5.74, 6) is -0.476. The molecule has 3 rings (SSSR count). The largest absolute Gasteiger partial charge is 0.352 e. The highest BCUT2D eigenvalue weighted by Gasteiger charge is 2.51. The first-order chi connectivity index (χ1) is 14.7. The van der Waals surface area contributed by atoms with Crippen molar-refractivity contribution < 1.29 is 19.2 Å². The Labute approximate surface area is 183 Å². The summed E-state index contributed by atoms with van der Waals surface area (Å²) in [7, 11) is 1.77. The molecule has 1 saturated heterocycles. The normalized spacial score (nSPS) is 17.7. The Hall–Kier alpha value is -2.90. The van der Waals surface area contributed by atoms with Crippen molar-refractivity contribution in [2.75, 3.05) is 13.6 Å². The van der Waals surface area contributed by atoms with Gasteiger partial charge in [-0.15, -0.1) is 0 Å². The molecule has 8 heteroatoms. The van der Waals surface area contributed by atoms with Crippen LogP contribution in [0.5, 0.6) is 0 Å². The quantitative estimate of drug-likeness (QED) is 0.652. The molecule has 2 aliphatic rings. The topological polar surface area (TPSA) is 98.8 Å². The third-order valence-corrected chi connectivity index (χ3v) is 6.30. The molecule has 1 heterocycles. The Morgan fingerprint density at radius 1 is 1.13 bits per heavy atom. The summed E-state index contributed by atoms with van der Waals surface area (Å²) in [6.07, 6.45) is 4.34. The number of benzene rings is 1. The van der Waals surface area contributed by atoms with Crippen molar-refractivity contribution in [1.82, 2.24) is 20.4 Å². The van der Waals surface area contributed by atoms with E-state index in [-0.39, 0.29) is 36.7 Å². The molecule has 168 valence electrons. The molecule has 2 fully saturated rings. The maximum Gasteiger partial charge on any atom is 0.325 e. The van der Waals surface area contributed by atoms with Gasteiger partial charge in [0, 0.05) is 38.2 Å². The van der Waals surface area contributed by atoms with E-state index in [1.807, 2.05) is 26.0 Å². The molecule has 1 aromatic rings. The summed E-state index contributed by atoms with van der Waals surface area (Å²) < 4.78 is 0. The second-order valence-corrected chi connectivity index (χ2v) is 8.76. The molecule has 8 nitrogen and oxygen atoms in total. The molecule has 1 spiro atoms. The summed E-state index contributed by atoms with van der Waals surface area (Å²) in [4.78, 5) is 52.4. The maximum absolute atomic E-state index is 12.7. The van der Waals surface area contributed by atoms with E-state index < -0.39 is 11.6 Å². The van der Waals surface area contributed by atoms with Crippen LogP contribution < -0.4 is 10.6 Å². The van der Waals surface area contributed by atoms with E-state index in [0.717, 1.165) is 24.8 Å². The molecule has 0 aromatic heterocycles. The number of carbonyl (C=O) groups excluding carboxylic acids is 4. The molecule has 0 unspecified atom stereocenters. The van der Waals surface area contributed by atoms with E-state index in [1.54, 1.807) is 24.1 Å². The van der Waals surface area contributed by atoms with E-state index in [0.29, 0.717) is 24.9 Å². The molecule has 31 heavy (non-hydrogen) atoms. The molecule has 2 N–H and O–H groups in total. The third kappa shape index (κ3) is 5.06. The molecule has 0 bridgehead atoms. The lowest BCUT2D eigenvalue weighted by Gasteiger charge is -2.30. The van der Waals surface area contributed by atoms with Crippen LogP contribution in [0.25, 0.3) is 0 Å². The Kier molecular flexibility index (Phi) is 6.97. The summed E-state index contributed by atoms with van der Waals surface area (Å²) in [6.45, 7) is 4.30. The number of hydrogen-bond donors (Lipinski definition) is 2. The number of hydrogen-bond acceptors (Lipinski definition) is 4. The summed E-state index contributed by atoms with van der Waals surface area (Å²) in [5.41, 5.74) is 0.712. The Morgan fingerprint density at radius 3 is 2.39 bits per heavy atom. The number of rotatable bonds is 7. The van der Waals surface area contributed by atoms with Gasteiger partial charge >= 0.3 is 6.03 Å². The number of imide groups is 1. The van der Waals surface area contributed by atoms with Crippen LogP contribution in [0.3, 0.4) is 0 Å². The average molecular weight is 429 g/mol. The van der Waals surface area contributed by atoms with Crippen LogP contribution in [-0.4, -0.2) is 58.7 Å². The molecule has 1 aromatic carbocycles. The van der Waals surface area contributed by atoms with Gasteiger partial charge in [0.15, 0.2) is 0 Å². The Balaban J connectivity index is 1.47. The molecule has 1 aliphatic heterocycles. The van der Waals surface area contributed by atoms with Crippen LogP contribution in [0.1, 0.15) is 68.3 Å². The van der Waals surface area contributed by atoms with Crippen LogP contribution in [0.15, 0.2) is 24.3 Å². The van der Waals surface area contributed by atoms with E-state index in [1.165, 1.54) is 4.90 Å². The SMILES string of the molecule is CC(C)N(C)C(=O)c1ccc(CNC(=O)CCN2C(=O)NC3(CCCCC3)C2=O)cc1. The molecule has 0 atom stereocenters. The minimum absolute atomic E-state index is 0.0464. The van der Waals surface area contributed by atoms with Gasteiger partial charge in [0.05, 0.1) is 0 Å². The highest BCUT2D eigenvalue weighted by Crippen LogP contribution is 2.33. The monoisotopic (exact) mass is 428 g/mol. The highest BCUT2D eigenvalue weighted by molar-refractivity contribution is 6.07. The van der Waals surface area contributed by atoms with Gasteiger partial charge in [-0.1, -0.05) is 31.4 Å². The fourth-order valence-electron chi connectivity index (χ4n) is 4.08. The summed E-state index contributed by atoms with van der Waals surface area (Å²) in [5, 5.41) is 5.66. The van der Waals surface area contributed by atoms with Crippen molar-refractivity contribution in [2.45, 2.75) is 70.5 Å². The van der Waals surface area contributed by atoms with Crippen LogP contribution in [0, 0.1) is 0 Å². The van der Waals surface area contributed by atoms with Crippen LogP contribution in [0.4, 0.5) is 4.79 Å². The fraction of sp³-hybridized carbons (Fsp3) is 0.565. The van der Waals surface area contributed by atoms with Gasteiger partial charge in [-0.3, -0.25) is 19.3 Å². The summed E-state index contributed by atoms with van der Waals surface area (Å²) in [6, 6.07) is 6.84. The van der Waals surface area contributed by atoms with Crippen molar-refractivity contribution in [3.63, 3.8) is 0 Å². The molecular weight excluding hydrogens is 396 g/mol. The van der Waals surface area contributed by atoms with Gasteiger partial charge in [-0.25, -0.2) is 4.79 Å². The van der Waals surface area contributed by atoms with Crippen molar-refractivity contribution >= 4 is 23.8 Å². The highest BCUT2D eigenvalue weighted by atomic mass is 16.2. The van der Waals surface area contributed by atoms with Crippen molar-refractivity contribution in [2.24, 2.45) is 0 Å². The zero-order valence-electron chi connectivity index (χ0n) is 18.6. The van der Waals surface area contributed by atoms with Gasteiger partial charge in [-0.2, -0.15) is 0 Å². The van der Waals surface area contributed by atoms with E-state index in [2.05, 4.69) is 10.6 Å². The minimum atomic E-state index is -0.755. The van der Waals surface area contributed by atoms with Gasteiger partial charge < -0.3 is 15.5 Å². The predicted molar refractivity (Wildman–Crippen MR) is 116 cm³/mol. The summed E-state index contributed by atoms with van der Waals surface area (Å²) >= 11 is 0. The van der Waals surface area contributed by atoms with E-state index >= 15 is 0 Å². The van der Waals surface area contributed by atoms with E-state index in [4.69, 9.17) is 0 Å². The van der Waals surface area contributed by atoms with Gasteiger partial charge in [0.1, 0.15) is 5.54 Å². The zero-order valence-corrected chi connectivity index (χ0v) is 18.6. The number of carbonyl (C=O) groups is 4. The molecule has 5 amide bonds. The number of urea groups is 1. The molecule has 1 aliphatic carbocycles. The average Bonchev–Trinajstić information content (AvgIpc) is 2.99. The number of nitrogens with one attached hydrogen (secondary N) is 2. The first-order valence-electron chi connectivity index (χ1n) is 11.0. The minimum Gasteiger partial charge on any atom is -0.352 e. The van der Waals surface area contributed by atoms with Crippen molar-refractivity contribution in [1.29, 1.82) is 0 Å². The first-order valence-corrected chi connectivity index (χ1v) is 11.0. The van der Waals surface area contributed by atoms with Gasteiger partial charge in [-0.05, 0) is 44.4 Å². The predicted octanol–water partition coefficient (Wildman–Crippen LogP) is 2.43. The fourth-order valence-corrected chi connectivity index (χ4v) is 4.08. The lowest BCUT2D eigenvalue weighted by atomic mass is 9.82. The van der Waals surface area contributed by atoms with Crippen LogP contribution in [0.2, 0.25) is 0 Å². The number of nitrogens with zero attached hydrogens (tertiary/aromatic N) is 2. The molecular formula is C23H32N4O4. The Bertz CT molecular complexity index is 844. The third-order valence-electron chi connectivity index (χ3n) is 6.30. The van der Waals surface area contributed by atoms with Crippen LogP contribution in [-0.2, 0) is 16.1 Å². The van der Waals surface area contributed by atoms with Gasteiger partial charge in [0.2, 0.25) is 5.91 Å². The lowest BCUT2D eigenvalue weighted by molar-refractivity contribution is -0.132. The second kappa shape index (κ2) is 9.49. The molecule has 1 saturated carbocycles. The zero-order chi connectivity index (χ0) is 22.6. The smallest absolute Gasteiger partial charge is 0.325 e. The second-order valence-electron chi connectivity index (χ2n) is 8.76. The Morgan fingerprint density at radius 2 is 1.77 bits per heavy atom. The van der Waals surface area contributed by atoms with Crippen molar-refractivity contribution in [3.8, 4) is 0 Å². The lowest BCUT2D eigenvalue weighted by Crippen LogP contribution is -2.48. The first kappa shape index (κ1) is 22.8. The van der Waals surface area contributed by atoms with Gasteiger partial charge in [0.25, 0.3) is 11.8 Å². The maximum atomic E-state index is 12.7. The van der Waals surface area contributed by atoms with Crippen LogP contribution >= 0.6 is 0 Å². The van der Waals surface area contributed by atoms with Crippen molar-refractivity contribution in [3.05, 3.63) is 35.4 Å².